The van der Waals surface area contributed by atoms with E-state index in [9.17, 15) is 0 Å². The second-order valence-corrected chi connectivity index (χ2v) is 19.3. The number of pyridine rings is 1. The van der Waals surface area contributed by atoms with E-state index in [1.165, 1.54) is 0 Å². The van der Waals surface area contributed by atoms with Gasteiger partial charge in [0.15, 0.2) is 0 Å². The lowest BCUT2D eigenvalue weighted by molar-refractivity contribution is 0.483. The topological polar surface area (TPSA) is 35.2 Å². The molecular weight excluding hydrogens is 829 g/mol. The molecule has 0 atom stereocenters. The van der Waals surface area contributed by atoms with Crippen molar-refractivity contribution in [2.75, 3.05) is 4.90 Å². The third-order valence-electron chi connectivity index (χ3n) is 13.4. The molecule has 0 amide bonds. The fourth-order valence-electron chi connectivity index (χ4n) is 10.4. The molecule has 0 saturated heterocycles. The van der Waals surface area contributed by atoms with Crippen LogP contribution in [-0.2, 0) is 18.5 Å². The minimum Gasteiger partial charge on any atom is -0.457 e. The Morgan fingerprint density at radius 3 is 1.99 bits per heavy atom. The SMILES string of the molecule is [2H]C([2H])([2H])c1cc(-c2cccc3c4ccccc4c4ccccc4c4cccc5c4n(c23)CN5c2cccc(Oc3ccc4c5ccccc5n(-c5cc(C([2H])([2H])C(C)C)ccn5)c4c3)c2)cc(C(C)(C)C)c1. The fourth-order valence-corrected chi connectivity index (χ4v) is 10.4. The van der Waals surface area contributed by atoms with Crippen LogP contribution in [0.1, 0.15) is 58.2 Å². The largest absolute Gasteiger partial charge is 0.457 e. The van der Waals surface area contributed by atoms with E-state index in [4.69, 9.17) is 16.6 Å². The predicted molar refractivity (Wildman–Crippen MR) is 287 cm³/mol. The Kier molecular flexibility index (Phi) is 8.62. The van der Waals surface area contributed by atoms with Gasteiger partial charge in [-0.05, 0) is 111 Å². The van der Waals surface area contributed by atoms with Crippen LogP contribution in [0, 0.1) is 12.8 Å². The van der Waals surface area contributed by atoms with Crippen LogP contribution in [-0.4, -0.2) is 14.1 Å². The first-order valence-electron chi connectivity index (χ1n) is 26.0. The van der Waals surface area contributed by atoms with E-state index >= 15 is 0 Å². The van der Waals surface area contributed by atoms with Crippen molar-refractivity contribution in [3.63, 3.8) is 0 Å². The molecule has 0 fully saturated rings. The van der Waals surface area contributed by atoms with Crippen molar-refractivity contribution in [2.45, 2.75) is 59.9 Å². The highest BCUT2D eigenvalue weighted by Crippen LogP contribution is 2.45. The first-order chi connectivity index (χ1) is 35.0. The van der Waals surface area contributed by atoms with Crippen molar-refractivity contribution >= 4 is 76.5 Å². The van der Waals surface area contributed by atoms with Crippen LogP contribution in [0.3, 0.4) is 0 Å². The molecule has 4 heterocycles. The zero-order valence-electron chi connectivity index (χ0n) is 43.9. The van der Waals surface area contributed by atoms with Crippen molar-refractivity contribution in [3.05, 3.63) is 205 Å². The molecule has 0 aliphatic carbocycles. The Morgan fingerprint density at radius 1 is 0.603 bits per heavy atom. The van der Waals surface area contributed by atoms with Crippen molar-refractivity contribution in [3.8, 4) is 28.4 Å². The third-order valence-corrected chi connectivity index (χ3v) is 13.4. The van der Waals surface area contributed by atoms with Crippen LogP contribution in [0.15, 0.2) is 188 Å². The van der Waals surface area contributed by atoms with Crippen molar-refractivity contribution in [2.24, 2.45) is 5.92 Å². The molecule has 0 unspecified atom stereocenters. The van der Waals surface area contributed by atoms with E-state index in [1.807, 2.05) is 68.4 Å². The summed E-state index contributed by atoms with van der Waals surface area (Å²) in [5.41, 5.74) is 9.27. The number of benzene rings is 8. The molecule has 1 aliphatic heterocycles. The van der Waals surface area contributed by atoms with Gasteiger partial charge in [-0.25, -0.2) is 4.98 Å². The molecule has 0 radical (unpaired) electrons. The molecule has 0 spiro atoms. The molecule has 3 aromatic heterocycles. The maximum absolute atomic E-state index is 8.88. The average Bonchev–Trinajstić information content (AvgIpc) is 3.95. The Morgan fingerprint density at radius 2 is 1.25 bits per heavy atom. The number of hydrogen-bond acceptors (Lipinski definition) is 3. The molecule has 1 aliphatic rings. The number of para-hydroxylation sites is 3. The van der Waals surface area contributed by atoms with E-state index in [0.717, 1.165) is 93.2 Å². The molecule has 0 saturated carbocycles. The van der Waals surface area contributed by atoms with E-state index in [0.29, 0.717) is 35.1 Å². The molecule has 5 heteroatoms. The van der Waals surface area contributed by atoms with Crippen LogP contribution in [0.4, 0.5) is 11.4 Å². The minimum absolute atomic E-state index is 0.223. The number of nitrogens with zero attached hydrogens (tertiary/aromatic N) is 4. The summed E-state index contributed by atoms with van der Waals surface area (Å²) < 4.78 is 55.0. The third kappa shape index (κ3) is 7.04. The first kappa shape index (κ1) is 36.3. The fraction of sp³-hybridized carbons (Fsp3) is 0.159. The van der Waals surface area contributed by atoms with E-state index in [2.05, 4.69) is 156 Å². The Balaban J connectivity index is 1.04. The normalized spacial score (nSPS) is 14.1. The second-order valence-electron chi connectivity index (χ2n) is 19.3. The summed E-state index contributed by atoms with van der Waals surface area (Å²) in [4.78, 5) is 7.14. The second kappa shape index (κ2) is 16.2. The molecule has 12 rings (SSSR count). The van der Waals surface area contributed by atoms with Crippen LogP contribution >= 0.6 is 0 Å². The quantitative estimate of drug-likeness (QED) is 0.160. The van der Waals surface area contributed by atoms with E-state index < -0.39 is 13.2 Å². The van der Waals surface area contributed by atoms with Crippen LogP contribution in [0.2, 0.25) is 0 Å². The number of anilines is 2. The zero-order chi connectivity index (χ0) is 50.6. The summed E-state index contributed by atoms with van der Waals surface area (Å²) in [5.74, 6) is 1.73. The highest BCUT2D eigenvalue weighted by atomic mass is 16.5. The molecule has 11 aromatic rings. The van der Waals surface area contributed by atoms with Gasteiger partial charge in [-0.3, -0.25) is 4.57 Å². The standard InChI is InChI=1S/C63H54N4O/c1-40(2)32-42-30-31-64-60(35-42)67-57-26-12-11-22-53(57)54-29-28-47(38-59(54)67)68-46-17-13-16-45(37-46)65-39-66-61-48(43-33-41(3)34-44(36-43)63(4,5)6)23-14-24-55(61)51-20-9-7-18-49(51)50-19-8-10-21-52(50)56-25-15-27-58(65)62(56)66/h7-31,33-38,40H,32,39H2,1-6H3/i3D3,32D2. The zero-order valence-corrected chi connectivity index (χ0v) is 38.9. The number of ether oxygens (including phenoxy) is 1. The van der Waals surface area contributed by atoms with Gasteiger partial charge in [-0.2, -0.15) is 0 Å². The van der Waals surface area contributed by atoms with Gasteiger partial charge in [-0.1, -0.05) is 162 Å². The summed E-state index contributed by atoms with van der Waals surface area (Å²) in [7, 11) is 0. The Labute approximate surface area is 404 Å². The van der Waals surface area contributed by atoms with Crippen molar-refractivity contribution in [1.29, 1.82) is 0 Å². The molecule has 0 N–H and O–H groups in total. The van der Waals surface area contributed by atoms with Gasteiger partial charge in [0, 0.05) is 58.0 Å². The molecule has 5 nitrogen and oxygen atoms in total. The summed E-state index contributed by atoms with van der Waals surface area (Å²) in [6.07, 6.45) is 0.159. The number of aryl methyl sites for hydroxylation is 1. The van der Waals surface area contributed by atoms with Crippen molar-refractivity contribution in [1.82, 2.24) is 14.1 Å². The smallest absolute Gasteiger partial charge is 0.137 e. The molecule has 68 heavy (non-hydrogen) atoms. The van der Waals surface area contributed by atoms with Crippen LogP contribution in [0.5, 0.6) is 11.5 Å². The van der Waals surface area contributed by atoms with Gasteiger partial charge in [0.05, 0.1) is 27.8 Å². The Hall–Kier alpha value is -7.89. The summed E-state index contributed by atoms with van der Waals surface area (Å²) >= 11 is 0. The van der Waals surface area contributed by atoms with Gasteiger partial charge >= 0.3 is 0 Å². The highest BCUT2D eigenvalue weighted by molar-refractivity contribution is 6.22. The average molecular weight is 888 g/mol. The minimum atomic E-state index is -2.30. The van der Waals surface area contributed by atoms with Gasteiger partial charge in [-0.15, -0.1) is 0 Å². The number of hydrogen-bond donors (Lipinski definition) is 0. The summed E-state index contributed by atoms with van der Waals surface area (Å²) in [5, 5.41) is 8.72. The van der Waals surface area contributed by atoms with E-state index in [-0.39, 0.29) is 11.3 Å². The highest BCUT2D eigenvalue weighted by Gasteiger charge is 2.26. The lowest BCUT2D eigenvalue weighted by Crippen LogP contribution is -2.15. The van der Waals surface area contributed by atoms with Gasteiger partial charge in [0.1, 0.15) is 24.0 Å². The number of fused-ring (bicyclic) bond motifs is 10. The van der Waals surface area contributed by atoms with Crippen molar-refractivity contribution < 1.29 is 11.6 Å². The molecule has 332 valence electrons. The lowest BCUT2D eigenvalue weighted by atomic mass is 9.84. The number of rotatable bonds is 7. The molecule has 0 bridgehead atoms. The van der Waals surface area contributed by atoms with E-state index in [1.54, 1.807) is 12.3 Å². The van der Waals surface area contributed by atoms with Gasteiger partial charge < -0.3 is 14.2 Å². The summed E-state index contributed by atoms with van der Waals surface area (Å²) in [6.45, 7) is 8.35. The lowest BCUT2D eigenvalue weighted by Gasteiger charge is -2.22. The summed E-state index contributed by atoms with van der Waals surface area (Å²) in [6, 6.07) is 62.4. The molecular formula is C63H54N4O. The number of aromatic nitrogens is 3. The monoisotopic (exact) mass is 887 g/mol. The Bertz CT molecular complexity index is 4070. The molecule has 8 aromatic carbocycles. The maximum Gasteiger partial charge on any atom is 0.137 e. The van der Waals surface area contributed by atoms with Gasteiger partial charge in [0.25, 0.3) is 0 Å². The van der Waals surface area contributed by atoms with Gasteiger partial charge in [0.2, 0.25) is 0 Å². The van der Waals surface area contributed by atoms with Crippen LogP contribution < -0.4 is 9.64 Å². The predicted octanol–water partition coefficient (Wildman–Crippen LogP) is 17.1. The maximum atomic E-state index is 8.88. The first-order valence-corrected chi connectivity index (χ1v) is 23.5. The van der Waals surface area contributed by atoms with Crippen LogP contribution in [0.25, 0.3) is 82.1 Å².